The van der Waals surface area contributed by atoms with E-state index in [2.05, 4.69) is 26.6 Å². The molecular weight excluding hydrogens is 1230 g/mol. The number of hydrogen-bond acceptors (Lipinski definition) is 19. The highest BCUT2D eigenvalue weighted by Gasteiger charge is 2.27. The second-order valence-corrected chi connectivity index (χ2v) is 22.8. The average molecular weight is 1300 g/mol. The van der Waals surface area contributed by atoms with Crippen LogP contribution in [0.15, 0.2) is 160 Å². The van der Waals surface area contributed by atoms with Crippen molar-refractivity contribution in [1.82, 2.24) is 16.0 Å². The normalized spacial score (nSPS) is 10.9. The summed E-state index contributed by atoms with van der Waals surface area (Å²) in [6, 6.07) is 36.9. The lowest BCUT2D eigenvalue weighted by Gasteiger charge is -2.19. The molecule has 0 unspecified atom stereocenters. The van der Waals surface area contributed by atoms with Gasteiger partial charge in [0.2, 0.25) is 0 Å². The van der Waals surface area contributed by atoms with Crippen molar-refractivity contribution >= 4 is 97.0 Å². The van der Waals surface area contributed by atoms with Gasteiger partial charge in [0.05, 0.1) is 20.6 Å². The number of carbonyl (C=O) groups is 6. The van der Waals surface area contributed by atoms with Crippen LogP contribution in [-0.4, -0.2) is 104 Å². The van der Waals surface area contributed by atoms with Crippen LogP contribution in [0.25, 0.3) is 55.2 Å². The Kier molecular flexibility index (Phi) is 22.6. The molecule has 23 nitrogen and oxygen atoms in total. The number of para-hydroxylation sites is 3. The minimum Gasteiger partial charge on any atom is -0.506 e. The molecule has 3 aromatic heterocycles. The molecule has 25 heteroatoms. The first kappa shape index (κ1) is 68.7. The molecule has 6 aromatic carbocycles. The van der Waals surface area contributed by atoms with Crippen molar-refractivity contribution in [3.05, 3.63) is 197 Å². The monoisotopic (exact) mass is 1300 g/mol. The van der Waals surface area contributed by atoms with E-state index in [-0.39, 0.29) is 32.9 Å². The van der Waals surface area contributed by atoms with Crippen molar-refractivity contribution in [3.63, 3.8) is 0 Å². The van der Waals surface area contributed by atoms with E-state index in [0.717, 1.165) is 27.8 Å². The smallest absolute Gasteiger partial charge is 0.488 e. The number of nitrogens with one attached hydrogen (secondary N) is 3. The lowest BCUT2D eigenvalue weighted by Crippen LogP contribution is -2.36. The van der Waals surface area contributed by atoms with E-state index < -0.39 is 124 Å². The van der Waals surface area contributed by atoms with Crippen molar-refractivity contribution < 1.29 is 82.0 Å². The highest BCUT2D eigenvalue weighted by Crippen LogP contribution is 2.36. The van der Waals surface area contributed by atoms with Gasteiger partial charge >= 0.3 is 41.9 Å². The van der Waals surface area contributed by atoms with Crippen LogP contribution in [0.5, 0.6) is 17.2 Å². The maximum Gasteiger partial charge on any atom is 0.488 e. The van der Waals surface area contributed by atoms with E-state index in [9.17, 15) is 58.5 Å². The van der Waals surface area contributed by atoms with Gasteiger partial charge in [0, 0.05) is 11.1 Å². The zero-order valence-corrected chi connectivity index (χ0v) is 51.7. The summed E-state index contributed by atoms with van der Waals surface area (Å²) in [6.07, 6.45) is 0. The number of hydrogen-bond donors (Lipinski definition) is 9. The number of benzene rings is 6. The molecule has 0 saturated heterocycles. The van der Waals surface area contributed by atoms with Crippen LogP contribution in [0.2, 0.25) is 0 Å². The Hall–Kier alpha value is -10.4. The Balaban J connectivity index is 0.000000200. The number of aliphatic carboxylic acids is 1. The second kappa shape index (κ2) is 29.6. The highest BCUT2D eigenvalue weighted by molar-refractivity contribution is 9.10. The number of carboxylic acids is 1. The highest BCUT2D eigenvalue weighted by atomic mass is 79.9. The summed E-state index contributed by atoms with van der Waals surface area (Å²) in [5.74, 6) is -7.02. The van der Waals surface area contributed by atoms with Gasteiger partial charge in [-0.15, -0.1) is 0 Å². The first-order valence-electron chi connectivity index (χ1n) is 27.3. The van der Waals surface area contributed by atoms with E-state index in [1.165, 1.54) is 12.1 Å². The van der Waals surface area contributed by atoms with Gasteiger partial charge in [-0.1, -0.05) is 120 Å². The predicted octanol–water partition coefficient (Wildman–Crippen LogP) is 7.84. The van der Waals surface area contributed by atoms with Crippen molar-refractivity contribution in [2.75, 3.05) is 19.6 Å². The Bertz CT molecular complexity index is 4410. The number of rotatable bonds is 12. The SMILES string of the molecule is CC(C)(C)OC(=O)CNC(=O)c1c(O)c2cccc(Br)c2oc1=O.Cc1cccc(-c2cccc3c(O)c(C(=O)NCC(=O)O)c(=O)oc23)c1.Cc1cccc(-c2cccc3c(O)c(C(=O)NCC(=O)OC(C)(C)C)c(=O)oc23)c1.Cc1cccc(B(O)O)c1. The second-order valence-electron chi connectivity index (χ2n) is 22.0. The summed E-state index contributed by atoms with van der Waals surface area (Å²) in [5.41, 5.74) is 0.664. The van der Waals surface area contributed by atoms with Gasteiger partial charge in [-0.05, 0) is 119 Å². The molecule has 9 rings (SSSR count). The molecular formula is C65H63BBrN3O20. The lowest BCUT2D eigenvalue weighted by atomic mass is 9.80. The number of fused-ring (bicyclic) bond motifs is 3. The van der Waals surface area contributed by atoms with Crippen molar-refractivity contribution in [2.45, 2.75) is 73.5 Å². The van der Waals surface area contributed by atoms with Crippen molar-refractivity contribution in [3.8, 4) is 39.5 Å². The lowest BCUT2D eigenvalue weighted by molar-refractivity contribution is -0.154. The summed E-state index contributed by atoms with van der Waals surface area (Å²) in [5, 5.41) is 64.5. The molecule has 0 saturated carbocycles. The maximum atomic E-state index is 12.5. The summed E-state index contributed by atoms with van der Waals surface area (Å²) in [4.78, 5) is 107. The van der Waals surface area contributed by atoms with Crippen LogP contribution in [0, 0.1) is 20.8 Å². The summed E-state index contributed by atoms with van der Waals surface area (Å²) in [6.45, 7) is 14.4. The molecule has 0 aliphatic heterocycles. The number of esters is 2. The van der Waals surface area contributed by atoms with Crippen molar-refractivity contribution in [2.24, 2.45) is 0 Å². The summed E-state index contributed by atoms with van der Waals surface area (Å²) in [7, 11) is -1.35. The number of aromatic hydroxyl groups is 3. The van der Waals surface area contributed by atoms with Crippen molar-refractivity contribution in [1.29, 1.82) is 0 Å². The summed E-state index contributed by atoms with van der Waals surface area (Å²) >= 11 is 3.20. The van der Waals surface area contributed by atoms with Crippen LogP contribution in [0.3, 0.4) is 0 Å². The quantitative estimate of drug-likeness (QED) is 0.0319. The van der Waals surface area contributed by atoms with Gasteiger partial charge in [-0.25, -0.2) is 14.4 Å². The Labute approximate surface area is 521 Å². The van der Waals surface area contributed by atoms with Gasteiger partial charge in [0.25, 0.3) is 17.7 Å². The van der Waals surface area contributed by atoms with Crippen LogP contribution >= 0.6 is 15.9 Å². The fraction of sp³-hybridized carbons (Fsp3) is 0.215. The largest absolute Gasteiger partial charge is 0.506 e. The minimum atomic E-state index is -1.35. The number of ether oxygens (including phenoxy) is 2. The fourth-order valence-corrected chi connectivity index (χ4v) is 9.03. The Morgan fingerprint density at radius 3 is 1.16 bits per heavy atom. The Morgan fingerprint density at radius 1 is 0.478 bits per heavy atom. The van der Waals surface area contributed by atoms with E-state index in [1.807, 2.05) is 80.7 Å². The van der Waals surface area contributed by atoms with E-state index in [4.69, 9.17) is 37.9 Å². The van der Waals surface area contributed by atoms with Gasteiger partial charge in [0.1, 0.15) is 59.3 Å². The molecule has 0 aliphatic rings. The molecule has 3 heterocycles. The standard InChI is InChI=1S/C23H23NO6.C19H15NO6.C16H16BrNO6.C7H9BO2/c1-13-7-5-8-14(11-13)15-9-6-10-16-19(26)18(22(28)29-20(15)16)21(27)24-12-17(25)30-23(2,3)4;1-10-4-2-5-11(8-10)12-6-3-7-13-16(23)15(19(25)26-17(12)13)18(24)20-9-14(21)22;1-16(2,3)24-10(19)7-18-14(21)11-12(20)8-5-4-6-9(17)13(8)23-15(11)22;1-6-3-2-4-7(5-6)8(9)10/h5-11,26H,12H2,1-4H3,(H,24,27);2-8,23H,9H2,1H3,(H,20,24)(H,21,22);4-6,20H,7H2,1-3H3,(H,18,21);2-5,9-10H,1H3. The molecule has 9 N–H and O–H groups in total. The van der Waals surface area contributed by atoms with Crippen LogP contribution < -0.4 is 38.3 Å². The molecule has 9 aromatic rings. The number of carboxylic acid groups (broad SMARTS) is 1. The number of halogens is 1. The summed E-state index contributed by atoms with van der Waals surface area (Å²) < 4.78 is 26.4. The molecule has 0 radical (unpaired) electrons. The first-order valence-corrected chi connectivity index (χ1v) is 28.1. The fourth-order valence-electron chi connectivity index (χ4n) is 8.58. The zero-order valence-electron chi connectivity index (χ0n) is 50.1. The van der Waals surface area contributed by atoms with Crippen LogP contribution in [-0.2, 0) is 23.9 Å². The van der Waals surface area contributed by atoms with Crippen LogP contribution in [0.4, 0.5) is 0 Å². The zero-order chi connectivity index (χ0) is 66.5. The van der Waals surface area contributed by atoms with E-state index in [1.54, 1.807) is 102 Å². The average Bonchev–Trinajstić information content (AvgIpc) is 1.04. The van der Waals surface area contributed by atoms with Crippen LogP contribution in [0.1, 0.15) is 89.3 Å². The van der Waals surface area contributed by atoms with Gasteiger partial charge < -0.3 is 69.1 Å². The van der Waals surface area contributed by atoms with Gasteiger partial charge in [0.15, 0.2) is 22.3 Å². The molecule has 0 atom stereocenters. The third-order valence-corrected chi connectivity index (χ3v) is 13.0. The number of amides is 3. The molecule has 0 spiro atoms. The molecule has 3 amide bonds. The molecule has 0 aliphatic carbocycles. The topological polar surface area (TPSA) is 369 Å². The van der Waals surface area contributed by atoms with E-state index >= 15 is 0 Å². The van der Waals surface area contributed by atoms with E-state index in [0.29, 0.717) is 21.1 Å². The molecule has 0 bridgehead atoms. The number of carbonyl (C=O) groups excluding carboxylic acids is 5. The predicted molar refractivity (Wildman–Crippen MR) is 338 cm³/mol. The third kappa shape index (κ3) is 18.1. The van der Waals surface area contributed by atoms with Gasteiger partial charge in [-0.2, -0.15) is 0 Å². The Morgan fingerprint density at radius 2 is 0.811 bits per heavy atom. The molecule has 468 valence electrons. The third-order valence-electron chi connectivity index (χ3n) is 12.4. The minimum absolute atomic E-state index is 0.128. The maximum absolute atomic E-state index is 12.5. The molecule has 90 heavy (non-hydrogen) atoms. The van der Waals surface area contributed by atoms with Gasteiger partial charge in [-0.3, -0.25) is 28.8 Å². The molecule has 0 fully saturated rings. The number of aryl methyl sites for hydroxylation is 3. The first-order chi connectivity index (χ1) is 42.2.